The maximum Gasteiger partial charge on any atom is 0.328 e. The number of hydrogen-bond acceptors (Lipinski definition) is 3. The van der Waals surface area contributed by atoms with Gasteiger partial charge in [-0.2, -0.15) is 0 Å². The average Bonchev–Trinajstić information content (AvgIpc) is 2.78. The molecule has 1 aliphatic rings. The van der Waals surface area contributed by atoms with Crippen molar-refractivity contribution in [2.45, 2.75) is 13.8 Å². The Morgan fingerprint density at radius 3 is 2.17 bits per heavy atom. The fraction of sp³-hybridized carbons (Fsp3) is 0.118. The van der Waals surface area contributed by atoms with E-state index in [0.717, 1.165) is 22.6 Å². The van der Waals surface area contributed by atoms with Crippen molar-refractivity contribution < 1.29 is 14.4 Å². The van der Waals surface area contributed by atoms with Crippen LogP contribution in [0.2, 0.25) is 5.02 Å². The normalized spacial score (nSPS) is 14.5. The first-order valence-corrected chi connectivity index (χ1v) is 7.58. The fourth-order valence-corrected chi connectivity index (χ4v) is 2.81. The van der Waals surface area contributed by atoms with Gasteiger partial charge in [-0.15, -0.1) is 0 Å². The Morgan fingerprint density at radius 1 is 1.00 bits per heavy atom. The Morgan fingerprint density at radius 2 is 1.58 bits per heavy atom. The molecule has 1 saturated heterocycles. The summed E-state index contributed by atoms with van der Waals surface area (Å²) in [5.41, 5.74) is 3.34. The summed E-state index contributed by atoms with van der Waals surface area (Å²) in [6.45, 7) is 3.81. The molecule has 24 heavy (non-hydrogen) atoms. The van der Waals surface area contributed by atoms with Gasteiger partial charge in [0.15, 0.2) is 0 Å². The first-order valence-electron chi connectivity index (χ1n) is 7.20. The van der Waals surface area contributed by atoms with E-state index in [1.807, 2.05) is 36.6 Å². The number of hydrogen-bond donors (Lipinski definition) is 2. The molecule has 1 aromatic heterocycles. The largest absolute Gasteiger partial charge is 0.328 e. The van der Waals surface area contributed by atoms with E-state index in [-0.39, 0.29) is 5.57 Å². The van der Waals surface area contributed by atoms with E-state index in [1.54, 1.807) is 12.1 Å². The third-order valence-corrected chi connectivity index (χ3v) is 4.05. The predicted octanol–water partition coefficient (Wildman–Crippen LogP) is 2.50. The highest BCUT2D eigenvalue weighted by molar-refractivity contribution is 6.31. The van der Waals surface area contributed by atoms with Crippen LogP contribution in [0.5, 0.6) is 0 Å². The SMILES string of the molecule is Cc1cc(C=C2C(=O)NC(=O)NC2=O)c(C)n1-c1ccc(Cl)cc1. The Hall–Kier alpha value is -2.86. The lowest BCUT2D eigenvalue weighted by molar-refractivity contribution is -0.123. The average molecular weight is 344 g/mol. The molecule has 1 fully saturated rings. The summed E-state index contributed by atoms with van der Waals surface area (Å²) < 4.78 is 1.99. The van der Waals surface area contributed by atoms with E-state index in [4.69, 9.17) is 11.6 Å². The number of nitrogens with one attached hydrogen (secondary N) is 2. The van der Waals surface area contributed by atoms with E-state index < -0.39 is 17.8 Å². The molecule has 122 valence electrons. The van der Waals surface area contributed by atoms with Gasteiger partial charge < -0.3 is 4.57 Å². The van der Waals surface area contributed by atoms with Crippen LogP contribution in [0.4, 0.5) is 4.79 Å². The summed E-state index contributed by atoms with van der Waals surface area (Å²) in [6.07, 6.45) is 1.48. The van der Waals surface area contributed by atoms with Crippen LogP contribution in [-0.4, -0.2) is 22.4 Å². The number of nitrogens with zero attached hydrogens (tertiary/aromatic N) is 1. The molecule has 0 radical (unpaired) electrons. The molecule has 2 aromatic rings. The summed E-state index contributed by atoms with van der Waals surface area (Å²) in [5, 5.41) is 4.76. The second-order valence-corrected chi connectivity index (χ2v) is 5.87. The van der Waals surface area contributed by atoms with Gasteiger partial charge in [0.2, 0.25) is 0 Å². The number of rotatable bonds is 2. The van der Waals surface area contributed by atoms with Crippen LogP contribution in [0.1, 0.15) is 17.0 Å². The van der Waals surface area contributed by atoms with Crippen molar-refractivity contribution >= 4 is 35.5 Å². The summed E-state index contributed by atoms with van der Waals surface area (Å²) in [4.78, 5) is 34.8. The van der Waals surface area contributed by atoms with E-state index in [1.165, 1.54) is 6.08 Å². The topological polar surface area (TPSA) is 80.2 Å². The van der Waals surface area contributed by atoms with Crippen LogP contribution in [-0.2, 0) is 9.59 Å². The second-order valence-electron chi connectivity index (χ2n) is 5.43. The molecule has 0 atom stereocenters. The number of imide groups is 2. The fourth-order valence-electron chi connectivity index (χ4n) is 2.68. The Kier molecular flexibility index (Phi) is 3.99. The minimum atomic E-state index is -0.811. The standard InChI is InChI=1S/C17H14ClN3O3/c1-9-7-11(8-14-15(22)19-17(24)20-16(14)23)10(2)21(9)13-5-3-12(18)4-6-13/h3-8H,1-2H3,(H2,19,20,22,23,24). The first kappa shape index (κ1) is 16.0. The number of benzene rings is 1. The van der Waals surface area contributed by atoms with Crippen molar-refractivity contribution in [2.24, 2.45) is 0 Å². The number of aryl methyl sites for hydroxylation is 1. The van der Waals surface area contributed by atoms with E-state index >= 15 is 0 Å². The Balaban J connectivity index is 2.05. The Labute approximate surface area is 143 Å². The molecule has 0 bridgehead atoms. The van der Waals surface area contributed by atoms with Gasteiger partial charge in [0, 0.05) is 22.1 Å². The number of amides is 4. The zero-order valence-corrected chi connectivity index (χ0v) is 13.8. The molecule has 2 N–H and O–H groups in total. The molecule has 4 amide bonds. The molecule has 0 unspecified atom stereocenters. The van der Waals surface area contributed by atoms with E-state index in [0.29, 0.717) is 5.02 Å². The van der Waals surface area contributed by atoms with Crippen molar-refractivity contribution in [3.63, 3.8) is 0 Å². The van der Waals surface area contributed by atoms with Crippen LogP contribution in [0.25, 0.3) is 11.8 Å². The molecule has 1 aliphatic heterocycles. The smallest absolute Gasteiger partial charge is 0.318 e. The maximum absolute atomic E-state index is 11.8. The van der Waals surface area contributed by atoms with Crippen molar-refractivity contribution in [1.82, 2.24) is 15.2 Å². The second kappa shape index (κ2) is 5.98. The molecular formula is C17H14ClN3O3. The third-order valence-electron chi connectivity index (χ3n) is 3.80. The monoisotopic (exact) mass is 343 g/mol. The number of urea groups is 1. The van der Waals surface area contributed by atoms with Crippen LogP contribution in [0, 0.1) is 13.8 Å². The van der Waals surface area contributed by atoms with Gasteiger partial charge in [-0.3, -0.25) is 20.2 Å². The highest BCUT2D eigenvalue weighted by atomic mass is 35.5. The third kappa shape index (κ3) is 2.83. The summed E-state index contributed by atoms with van der Waals surface area (Å²) in [5.74, 6) is -1.42. The number of aromatic nitrogens is 1. The van der Waals surface area contributed by atoms with Crippen LogP contribution >= 0.6 is 11.6 Å². The quantitative estimate of drug-likeness (QED) is 0.649. The summed E-state index contributed by atoms with van der Waals surface area (Å²) >= 11 is 5.92. The van der Waals surface area contributed by atoms with Gasteiger partial charge in [0.1, 0.15) is 5.57 Å². The van der Waals surface area contributed by atoms with Gasteiger partial charge in [-0.05, 0) is 55.8 Å². The summed E-state index contributed by atoms with van der Waals surface area (Å²) in [7, 11) is 0. The minimum absolute atomic E-state index is 0.106. The van der Waals surface area contributed by atoms with Gasteiger partial charge in [-0.1, -0.05) is 11.6 Å². The van der Waals surface area contributed by atoms with Gasteiger partial charge >= 0.3 is 6.03 Å². The zero-order chi connectivity index (χ0) is 17.4. The minimum Gasteiger partial charge on any atom is -0.318 e. The highest BCUT2D eigenvalue weighted by Crippen LogP contribution is 2.24. The summed E-state index contributed by atoms with van der Waals surface area (Å²) in [6, 6.07) is 8.42. The molecule has 3 rings (SSSR count). The molecule has 0 aliphatic carbocycles. The van der Waals surface area contributed by atoms with Gasteiger partial charge in [-0.25, -0.2) is 4.79 Å². The van der Waals surface area contributed by atoms with Crippen LogP contribution in [0.15, 0.2) is 35.9 Å². The van der Waals surface area contributed by atoms with Crippen LogP contribution < -0.4 is 10.6 Å². The zero-order valence-electron chi connectivity index (χ0n) is 13.0. The molecule has 6 nitrogen and oxygen atoms in total. The lowest BCUT2D eigenvalue weighted by Gasteiger charge is -2.14. The molecule has 7 heteroatoms. The number of barbiturate groups is 1. The van der Waals surface area contributed by atoms with Crippen molar-refractivity contribution in [1.29, 1.82) is 0 Å². The number of carbonyl (C=O) groups is 3. The number of carbonyl (C=O) groups excluding carboxylic acids is 3. The highest BCUT2D eigenvalue weighted by Gasteiger charge is 2.28. The lowest BCUT2D eigenvalue weighted by atomic mass is 10.1. The van der Waals surface area contributed by atoms with E-state index in [2.05, 4.69) is 10.6 Å². The Bertz CT molecular complexity index is 873. The van der Waals surface area contributed by atoms with Crippen molar-refractivity contribution in [3.05, 3.63) is 57.9 Å². The first-order chi connectivity index (χ1) is 11.4. The van der Waals surface area contributed by atoms with Gasteiger partial charge in [0.25, 0.3) is 11.8 Å². The molecule has 2 heterocycles. The molecule has 0 saturated carbocycles. The molecule has 1 aromatic carbocycles. The molecule has 0 spiro atoms. The van der Waals surface area contributed by atoms with Crippen molar-refractivity contribution in [3.8, 4) is 5.69 Å². The predicted molar refractivity (Wildman–Crippen MR) is 89.9 cm³/mol. The van der Waals surface area contributed by atoms with E-state index in [9.17, 15) is 14.4 Å². The van der Waals surface area contributed by atoms with Gasteiger partial charge in [0.05, 0.1) is 0 Å². The van der Waals surface area contributed by atoms with Crippen LogP contribution in [0.3, 0.4) is 0 Å². The van der Waals surface area contributed by atoms with Crippen molar-refractivity contribution in [2.75, 3.05) is 0 Å². The lowest BCUT2D eigenvalue weighted by Crippen LogP contribution is -2.51. The maximum atomic E-state index is 11.8. The number of halogens is 1. The molecular weight excluding hydrogens is 330 g/mol.